The van der Waals surface area contributed by atoms with Crippen molar-refractivity contribution in [2.75, 3.05) is 0 Å². The Morgan fingerprint density at radius 2 is 2.20 bits per heavy atom. The maximum absolute atomic E-state index is 11.1. The van der Waals surface area contributed by atoms with Crippen LogP contribution in [-0.2, 0) is 10.3 Å². The normalized spacial score (nSPS) is 21.8. The molecule has 82 valence electrons. The monoisotopic (exact) mass is 209 g/mol. The lowest BCUT2D eigenvalue weighted by molar-refractivity contribution is -0.119. The van der Waals surface area contributed by atoms with E-state index in [0.29, 0.717) is 6.42 Å². The molecule has 0 saturated carbocycles. The summed E-state index contributed by atoms with van der Waals surface area (Å²) in [6.07, 6.45) is 1.33. The second-order valence-corrected chi connectivity index (χ2v) is 4.78. The topological polar surface area (TPSA) is 72.7 Å². The van der Waals surface area contributed by atoms with E-state index in [0.717, 1.165) is 12.2 Å². The first kappa shape index (κ1) is 10.1. The van der Waals surface area contributed by atoms with Crippen molar-refractivity contribution in [1.82, 2.24) is 25.5 Å². The van der Waals surface area contributed by atoms with Gasteiger partial charge in [-0.1, -0.05) is 0 Å². The molecule has 0 aromatic carbocycles. The van der Waals surface area contributed by atoms with Gasteiger partial charge in [-0.3, -0.25) is 4.79 Å². The smallest absolute Gasteiger partial charge is 0.220 e. The van der Waals surface area contributed by atoms with E-state index in [1.54, 1.807) is 4.68 Å². The summed E-state index contributed by atoms with van der Waals surface area (Å²) >= 11 is 0. The number of nitrogens with one attached hydrogen (secondary N) is 1. The van der Waals surface area contributed by atoms with Crippen LogP contribution in [0.4, 0.5) is 0 Å². The van der Waals surface area contributed by atoms with Crippen LogP contribution in [0, 0.1) is 0 Å². The Kier molecular flexibility index (Phi) is 2.21. The molecule has 0 aliphatic carbocycles. The Morgan fingerprint density at radius 1 is 1.47 bits per heavy atom. The highest BCUT2D eigenvalue weighted by molar-refractivity contribution is 5.78. The van der Waals surface area contributed by atoms with Crippen LogP contribution in [0.5, 0.6) is 0 Å². The van der Waals surface area contributed by atoms with E-state index in [9.17, 15) is 4.79 Å². The minimum Gasteiger partial charge on any atom is -0.346 e. The zero-order valence-corrected chi connectivity index (χ0v) is 9.19. The molecule has 1 N–H and O–H groups in total. The Bertz CT molecular complexity index is 378. The van der Waals surface area contributed by atoms with E-state index in [1.165, 1.54) is 0 Å². The Balaban J connectivity index is 2.29. The number of aromatic nitrogens is 4. The molecule has 0 spiro atoms. The van der Waals surface area contributed by atoms with Gasteiger partial charge in [-0.25, -0.2) is 4.68 Å². The van der Waals surface area contributed by atoms with Crippen LogP contribution in [0.2, 0.25) is 0 Å². The highest BCUT2D eigenvalue weighted by Crippen LogP contribution is 2.24. The highest BCUT2D eigenvalue weighted by Gasteiger charge is 2.30. The van der Waals surface area contributed by atoms with Crippen molar-refractivity contribution in [3.05, 3.63) is 5.82 Å². The molecular formula is C9H15N5O. The molecule has 1 aromatic heterocycles. The molecule has 1 saturated heterocycles. The van der Waals surface area contributed by atoms with E-state index >= 15 is 0 Å². The number of tetrazole rings is 1. The fraction of sp³-hybridized carbons (Fsp3) is 0.778. The highest BCUT2D eigenvalue weighted by atomic mass is 16.1. The van der Waals surface area contributed by atoms with E-state index in [1.807, 2.05) is 20.8 Å². The number of amides is 1. The zero-order valence-electron chi connectivity index (χ0n) is 9.19. The van der Waals surface area contributed by atoms with Crippen LogP contribution < -0.4 is 5.32 Å². The third-order valence-electron chi connectivity index (χ3n) is 2.44. The quantitative estimate of drug-likeness (QED) is 0.725. The summed E-state index contributed by atoms with van der Waals surface area (Å²) in [7, 11) is 0. The number of nitrogens with zero attached hydrogens (tertiary/aromatic N) is 4. The lowest BCUT2D eigenvalue weighted by Gasteiger charge is -2.21. The van der Waals surface area contributed by atoms with E-state index < -0.39 is 0 Å². The Morgan fingerprint density at radius 3 is 2.73 bits per heavy atom. The van der Waals surface area contributed by atoms with Gasteiger partial charge in [0.05, 0.1) is 11.6 Å². The first-order chi connectivity index (χ1) is 6.98. The third kappa shape index (κ3) is 1.84. The summed E-state index contributed by atoms with van der Waals surface area (Å²) in [5, 5.41) is 14.5. The number of carbonyl (C=O) groups excluding carboxylic acids is 1. The van der Waals surface area contributed by atoms with Gasteiger partial charge >= 0.3 is 0 Å². The van der Waals surface area contributed by atoms with Gasteiger partial charge in [0.1, 0.15) is 0 Å². The second-order valence-electron chi connectivity index (χ2n) is 4.78. The molecule has 1 fully saturated rings. The molecule has 1 atom stereocenters. The summed E-state index contributed by atoms with van der Waals surface area (Å²) in [5.74, 6) is 0.816. The molecule has 6 nitrogen and oxygen atoms in total. The van der Waals surface area contributed by atoms with Crippen LogP contribution in [0.15, 0.2) is 0 Å². The minimum atomic E-state index is -0.161. The van der Waals surface area contributed by atoms with Crippen molar-refractivity contribution in [2.24, 2.45) is 0 Å². The van der Waals surface area contributed by atoms with Crippen molar-refractivity contribution in [2.45, 2.75) is 45.2 Å². The van der Waals surface area contributed by atoms with Crippen LogP contribution in [0.3, 0.4) is 0 Å². The predicted molar refractivity (Wildman–Crippen MR) is 52.9 cm³/mol. The van der Waals surface area contributed by atoms with Crippen molar-refractivity contribution in [3.8, 4) is 0 Å². The van der Waals surface area contributed by atoms with Crippen molar-refractivity contribution in [1.29, 1.82) is 0 Å². The predicted octanol–water partition coefficient (Wildman–Crippen LogP) is 0.379. The number of rotatable bonds is 1. The van der Waals surface area contributed by atoms with Crippen molar-refractivity contribution in [3.63, 3.8) is 0 Å². The number of hydrogen-bond acceptors (Lipinski definition) is 4. The molecule has 0 unspecified atom stereocenters. The molecule has 2 rings (SSSR count). The van der Waals surface area contributed by atoms with Crippen molar-refractivity contribution >= 4 is 5.91 Å². The largest absolute Gasteiger partial charge is 0.346 e. The van der Waals surface area contributed by atoms with Crippen LogP contribution in [-0.4, -0.2) is 26.1 Å². The zero-order chi connectivity index (χ0) is 11.1. The summed E-state index contributed by atoms with van der Waals surface area (Å²) in [6.45, 7) is 6.09. The van der Waals surface area contributed by atoms with Crippen LogP contribution in [0.25, 0.3) is 0 Å². The minimum absolute atomic E-state index is 0.0354. The fourth-order valence-corrected chi connectivity index (χ4v) is 1.70. The second kappa shape index (κ2) is 3.29. The maximum atomic E-state index is 11.1. The molecule has 0 bridgehead atoms. The van der Waals surface area contributed by atoms with Gasteiger partial charge in [-0.05, 0) is 37.6 Å². The lowest BCUT2D eigenvalue weighted by atomic mass is 10.1. The molecule has 0 radical (unpaired) electrons. The van der Waals surface area contributed by atoms with Crippen molar-refractivity contribution < 1.29 is 4.79 Å². The lowest BCUT2D eigenvalue weighted by Crippen LogP contribution is -2.30. The molecule has 1 aromatic rings. The fourth-order valence-electron chi connectivity index (χ4n) is 1.70. The van der Waals surface area contributed by atoms with Gasteiger partial charge in [0.2, 0.25) is 5.91 Å². The Labute approximate surface area is 88.0 Å². The van der Waals surface area contributed by atoms with Gasteiger partial charge in [0.15, 0.2) is 5.82 Å². The molecule has 15 heavy (non-hydrogen) atoms. The van der Waals surface area contributed by atoms with E-state index in [2.05, 4.69) is 20.8 Å². The maximum Gasteiger partial charge on any atom is 0.220 e. The molecule has 6 heteroatoms. The summed E-state index contributed by atoms with van der Waals surface area (Å²) in [6, 6.07) is -0.0354. The standard InChI is InChI=1S/C9H15N5O/c1-9(2,3)14-8(11-12-13-14)6-4-5-7(15)10-6/h6H,4-5H2,1-3H3,(H,10,15)/t6-/m0/s1. The van der Waals surface area contributed by atoms with Gasteiger partial charge in [0, 0.05) is 6.42 Å². The molecule has 2 heterocycles. The summed E-state index contributed by atoms with van der Waals surface area (Å²) < 4.78 is 1.77. The molecule has 1 aliphatic rings. The first-order valence-corrected chi connectivity index (χ1v) is 5.06. The SMILES string of the molecule is CC(C)(C)n1nnnc1[C@@H]1CCC(=O)N1. The van der Waals surface area contributed by atoms with Gasteiger partial charge in [0.25, 0.3) is 0 Å². The summed E-state index contributed by atoms with van der Waals surface area (Å²) in [4.78, 5) is 11.1. The van der Waals surface area contributed by atoms with Crippen LogP contribution in [0.1, 0.15) is 45.5 Å². The average Bonchev–Trinajstić information content (AvgIpc) is 2.68. The molecular weight excluding hydrogens is 194 g/mol. The van der Waals surface area contributed by atoms with Gasteiger partial charge < -0.3 is 5.32 Å². The number of carbonyl (C=O) groups is 1. The number of hydrogen-bond donors (Lipinski definition) is 1. The summed E-state index contributed by atoms with van der Waals surface area (Å²) in [5.41, 5.74) is -0.161. The average molecular weight is 209 g/mol. The van der Waals surface area contributed by atoms with Crippen LogP contribution >= 0.6 is 0 Å². The van der Waals surface area contributed by atoms with E-state index in [4.69, 9.17) is 0 Å². The van der Waals surface area contributed by atoms with E-state index in [-0.39, 0.29) is 17.5 Å². The Hall–Kier alpha value is -1.46. The van der Waals surface area contributed by atoms with Gasteiger partial charge in [-0.2, -0.15) is 0 Å². The molecule has 1 aliphatic heterocycles. The van der Waals surface area contributed by atoms with Gasteiger partial charge in [-0.15, -0.1) is 5.10 Å². The third-order valence-corrected chi connectivity index (χ3v) is 2.44. The first-order valence-electron chi connectivity index (χ1n) is 5.06. The molecule has 1 amide bonds.